The zero-order valence-corrected chi connectivity index (χ0v) is 13.0. The highest BCUT2D eigenvalue weighted by molar-refractivity contribution is 9.10. The molecule has 0 aromatic heterocycles. The van der Waals surface area contributed by atoms with E-state index in [1.165, 1.54) is 0 Å². The molecule has 0 fully saturated rings. The average Bonchev–Trinajstić information content (AvgIpc) is 2.52. The Labute approximate surface area is 131 Å². The molecule has 0 aliphatic carbocycles. The van der Waals surface area contributed by atoms with Crippen LogP contribution in [0, 0.1) is 0 Å². The molecule has 0 radical (unpaired) electrons. The van der Waals surface area contributed by atoms with Crippen molar-refractivity contribution < 1.29 is 14.8 Å². The summed E-state index contributed by atoms with van der Waals surface area (Å²) in [5.74, 6) is -0.0468. The maximum atomic E-state index is 11.6. The molecule has 0 bridgehead atoms. The third kappa shape index (κ3) is 5.04. The van der Waals surface area contributed by atoms with Crippen molar-refractivity contribution in [2.45, 2.75) is 12.8 Å². The molecule has 0 unspecified atom stereocenters. The monoisotopic (exact) mass is 347 g/mol. The van der Waals surface area contributed by atoms with Crippen molar-refractivity contribution in [2.24, 2.45) is 5.73 Å². The van der Waals surface area contributed by atoms with Crippen LogP contribution in [0.15, 0.2) is 59.1 Å². The fourth-order valence-corrected chi connectivity index (χ4v) is 2.01. The number of hydrogen-bond donors (Lipinski definition) is 2. The van der Waals surface area contributed by atoms with Crippen LogP contribution in [-0.4, -0.2) is 11.8 Å². The van der Waals surface area contributed by atoms with Gasteiger partial charge in [-0.25, -0.2) is 4.79 Å². The predicted molar refractivity (Wildman–Crippen MR) is 84.3 cm³/mol. The summed E-state index contributed by atoms with van der Waals surface area (Å²) in [6, 6.07) is 17.1. The summed E-state index contributed by atoms with van der Waals surface area (Å²) in [7, 11) is 0. The van der Waals surface area contributed by atoms with Gasteiger partial charge in [0.2, 0.25) is 0 Å². The van der Waals surface area contributed by atoms with E-state index in [9.17, 15) is 4.79 Å². The molecule has 0 heterocycles. The molecule has 0 aliphatic rings. The summed E-state index contributed by atoms with van der Waals surface area (Å²) in [6.45, 7) is 0. The predicted octanol–water partition coefficient (Wildman–Crippen LogP) is 1.33. The quantitative estimate of drug-likeness (QED) is 0.371. The molecule has 2 rings (SSSR count). The lowest BCUT2D eigenvalue weighted by atomic mass is 10.1. The van der Waals surface area contributed by atoms with Gasteiger partial charge in [-0.15, -0.1) is 0 Å². The maximum absolute atomic E-state index is 11.6. The van der Waals surface area contributed by atoms with Crippen molar-refractivity contribution >= 4 is 27.7 Å². The first-order valence-corrected chi connectivity index (χ1v) is 7.32. The fourth-order valence-electron chi connectivity index (χ4n) is 1.74. The lowest BCUT2D eigenvalue weighted by molar-refractivity contribution is -0.724. The van der Waals surface area contributed by atoms with Gasteiger partial charge in [0.1, 0.15) is 0 Å². The van der Waals surface area contributed by atoms with Crippen molar-refractivity contribution in [1.82, 2.24) is 0 Å². The molecular formula is C16H16BrN2O2+. The molecule has 0 saturated heterocycles. The van der Waals surface area contributed by atoms with E-state index in [0.29, 0.717) is 18.7 Å². The molecule has 0 saturated carbocycles. The molecule has 21 heavy (non-hydrogen) atoms. The van der Waals surface area contributed by atoms with E-state index >= 15 is 0 Å². The summed E-state index contributed by atoms with van der Waals surface area (Å²) >= 11 is 3.34. The third-order valence-corrected chi connectivity index (χ3v) is 3.42. The smallest absolute Gasteiger partial charge is 0.284 e. The topological polar surface area (TPSA) is 66.3 Å². The summed E-state index contributed by atoms with van der Waals surface area (Å²) in [5.41, 5.74) is 7.67. The molecule has 0 amide bonds. The number of nitrogens with two attached hydrogens (primary N) is 1. The van der Waals surface area contributed by atoms with E-state index < -0.39 is 0 Å². The number of nitrogen functional groups attached to an aromatic ring is 1. The molecule has 4 nitrogen and oxygen atoms in total. The van der Waals surface area contributed by atoms with Gasteiger partial charge in [0.05, 0.1) is 12.0 Å². The van der Waals surface area contributed by atoms with Crippen LogP contribution in [-0.2, 0) is 16.1 Å². The zero-order chi connectivity index (χ0) is 15.1. The Bertz CT molecular complexity index is 624. The van der Waals surface area contributed by atoms with Crippen LogP contribution in [0.1, 0.15) is 17.5 Å². The Morgan fingerprint density at radius 3 is 2.43 bits per heavy atom. The first-order valence-electron chi connectivity index (χ1n) is 6.53. The summed E-state index contributed by atoms with van der Waals surface area (Å²) in [6.07, 6.45) is 0.935. The molecule has 3 N–H and O–H groups in total. The van der Waals surface area contributed by atoms with Crippen LogP contribution in [0.25, 0.3) is 0 Å². The second kappa shape index (κ2) is 7.59. The summed E-state index contributed by atoms with van der Waals surface area (Å²) in [5, 5.41) is 2.48. The average molecular weight is 348 g/mol. The second-order valence-electron chi connectivity index (χ2n) is 4.48. The molecule has 2 aromatic carbocycles. The van der Waals surface area contributed by atoms with Crippen LogP contribution in [0.3, 0.4) is 0 Å². The van der Waals surface area contributed by atoms with Gasteiger partial charge in [-0.05, 0) is 36.2 Å². The van der Waals surface area contributed by atoms with Gasteiger partial charge in [-0.1, -0.05) is 51.4 Å². The molecule has 5 heteroatoms. The zero-order valence-electron chi connectivity index (χ0n) is 11.4. The minimum atomic E-state index is -0.348. The minimum absolute atomic E-state index is 0.296. The van der Waals surface area contributed by atoms with E-state index in [-0.39, 0.29) is 5.97 Å². The van der Waals surface area contributed by atoms with E-state index in [2.05, 4.69) is 21.1 Å². The van der Waals surface area contributed by atoms with Crippen molar-refractivity contribution in [3.8, 4) is 0 Å². The number of benzene rings is 2. The van der Waals surface area contributed by atoms with Gasteiger partial charge in [-0.2, -0.15) is 0 Å². The van der Waals surface area contributed by atoms with Gasteiger partial charge in [0.15, 0.2) is 0 Å². The first kappa shape index (κ1) is 15.3. The van der Waals surface area contributed by atoms with Crippen LogP contribution >= 0.6 is 15.9 Å². The van der Waals surface area contributed by atoms with Crippen LogP contribution in [0.2, 0.25) is 0 Å². The molecule has 2 aromatic rings. The largest absolute Gasteiger partial charge is 0.357 e. The van der Waals surface area contributed by atoms with Gasteiger partial charge in [0.25, 0.3) is 0 Å². The maximum Gasteiger partial charge on any atom is 0.357 e. The molecule has 0 spiro atoms. The van der Waals surface area contributed by atoms with Crippen LogP contribution in [0.5, 0.6) is 0 Å². The lowest BCUT2D eigenvalue weighted by Crippen LogP contribution is -2.75. The van der Waals surface area contributed by atoms with Crippen LogP contribution in [0.4, 0.5) is 0 Å². The van der Waals surface area contributed by atoms with Crippen molar-refractivity contribution in [2.75, 3.05) is 0 Å². The van der Waals surface area contributed by atoms with E-state index in [0.717, 1.165) is 15.6 Å². The third-order valence-electron chi connectivity index (χ3n) is 2.89. The van der Waals surface area contributed by atoms with Gasteiger partial charge < -0.3 is 0 Å². The number of amidine groups is 1. The van der Waals surface area contributed by atoms with E-state index in [1.807, 2.05) is 54.6 Å². The Morgan fingerprint density at radius 2 is 1.76 bits per heavy atom. The number of nitrogens with one attached hydrogen (secondary N) is 1. The van der Waals surface area contributed by atoms with Crippen molar-refractivity contribution in [3.05, 3.63) is 70.2 Å². The van der Waals surface area contributed by atoms with E-state index in [1.54, 1.807) is 0 Å². The summed E-state index contributed by atoms with van der Waals surface area (Å²) < 4.78 is 0.957. The summed E-state index contributed by atoms with van der Waals surface area (Å²) in [4.78, 5) is 16.6. The highest BCUT2D eigenvalue weighted by atomic mass is 79.9. The second-order valence-corrected chi connectivity index (χ2v) is 5.40. The SMILES string of the molecule is NC(=[NH+]OC(=O)CCc1ccccc1)c1ccc(Br)cc1. The highest BCUT2D eigenvalue weighted by Gasteiger charge is 2.08. The first-order chi connectivity index (χ1) is 10.1. The Balaban J connectivity index is 1.85. The van der Waals surface area contributed by atoms with Crippen molar-refractivity contribution in [1.29, 1.82) is 0 Å². The van der Waals surface area contributed by atoms with E-state index in [4.69, 9.17) is 10.6 Å². The number of halogens is 1. The van der Waals surface area contributed by atoms with Gasteiger partial charge in [0, 0.05) is 4.47 Å². The Kier molecular flexibility index (Phi) is 5.51. The highest BCUT2D eigenvalue weighted by Crippen LogP contribution is 2.09. The minimum Gasteiger partial charge on any atom is -0.284 e. The van der Waals surface area contributed by atoms with Crippen molar-refractivity contribution in [3.63, 3.8) is 0 Å². The fraction of sp³-hybridized carbons (Fsp3) is 0.125. The van der Waals surface area contributed by atoms with Gasteiger partial charge >= 0.3 is 11.8 Å². The Morgan fingerprint density at radius 1 is 1.10 bits per heavy atom. The molecule has 0 atom stereocenters. The Hall–Kier alpha value is -2.14. The molecular weight excluding hydrogens is 332 g/mol. The number of carbonyl (C=O) groups is 1. The number of aryl methyl sites for hydroxylation is 1. The lowest BCUT2D eigenvalue weighted by Gasteiger charge is -1.99. The number of hydrogen-bond acceptors (Lipinski definition) is 2. The molecule has 0 aliphatic heterocycles. The van der Waals surface area contributed by atoms with Gasteiger partial charge in [-0.3, -0.25) is 10.6 Å². The van der Waals surface area contributed by atoms with Crippen LogP contribution < -0.4 is 10.9 Å². The normalized spacial score (nSPS) is 11.2. The molecule has 108 valence electrons. The standard InChI is InChI=1S/C16H15BrN2O2/c17-14-9-7-13(8-10-14)16(18)19-21-15(20)11-6-12-4-2-1-3-5-12/h1-5,7-10H,6,11H2,(H2,18,19)/p+1. The number of carbonyl (C=O) groups excluding carboxylic acids is 1. The number of rotatable bonds is 5.